The molecule has 6 heteroatoms. The minimum absolute atomic E-state index is 0.360. The van der Waals surface area contributed by atoms with E-state index in [4.69, 9.17) is 0 Å². The largest absolute Gasteiger partial charge is 0.416 e. The molecule has 34 heavy (non-hydrogen) atoms. The van der Waals surface area contributed by atoms with E-state index in [-0.39, 0.29) is 0 Å². The summed E-state index contributed by atoms with van der Waals surface area (Å²) in [5.41, 5.74) is -1.60. The van der Waals surface area contributed by atoms with Gasteiger partial charge in [0, 0.05) is 0 Å². The van der Waals surface area contributed by atoms with Gasteiger partial charge in [-0.15, -0.1) is 0 Å². The molecule has 0 saturated carbocycles. The molecule has 6 aromatic rings. The van der Waals surface area contributed by atoms with E-state index in [1.54, 1.807) is 36.4 Å². The SMILES string of the molecule is FC(F)(F)c1ccc2c3ccccc3c3c4cc(C(F)(F)F)ccc4c4ccccc4c3c2c1. The zero-order valence-corrected chi connectivity index (χ0v) is 17.4. The van der Waals surface area contributed by atoms with Gasteiger partial charge in [-0.1, -0.05) is 60.7 Å². The average molecular weight is 464 g/mol. The van der Waals surface area contributed by atoms with Crippen molar-refractivity contribution < 1.29 is 26.3 Å². The van der Waals surface area contributed by atoms with Gasteiger partial charge in [-0.05, 0) is 78.1 Å². The van der Waals surface area contributed by atoms with Crippen LogP contribution in [0.2, 0.25) is 0 Å². The minimum Gasteiger partial charge on any atom is -0.166 e. The van der Waals surface area contributed by atoms with Crippen LogP contribution < -0.4 is 0 Å². The third-order valence-electron chi connectivity index (χ3n) is 6.46. The van der Waals surface area contributed by atoms with E-state index in [9.17, 15) is 26.3 Å². The first-order valence-electron chi connectivity index (χ1n) is 10.5. The number of rotatable bonds is 0. The van der Waals surface area contributed by atoms with Crippen molar-refractivity contribution in [2.75, 3.05) is 0 Å². The summed E-state index contributed by atoms with van der Waals surface area (Å²) in [7, 11) is 0. The van der Waals surface area contributed by atoms with Gasteiger partial charge in [-0.2, -0.15) is 26.3 Å². The lowest BCUT2D eigenvalue weighted by Gasteiger charge is -2.18. The Balaban J connectivity index is 1.99. The molecular formula is C28H14F6. The predicted molar refractivity (Wildman–Crippen MR) is 124 cm³/mol. The molecule has 0 spiro atoms. The second kappa shape index (κ2) is 6.86. The molecule has 0 radical (unpaired) electrons. The van der Waals surface area contributed by atoms with Crippen LogP contribution in [0.25, 0.3) is 53.9 Å². The smallest absolute Gasteiger partial charge is 0.166 e. The van der Waals surface area contributed by atoms with Crippen LogP contribution in [0.3, 0.4) is 0 Å². The molecule has 0 aliphatic carbocycles. The van der Waals surface area contributed by atoms with Gasteiger partial charge in [0.15, 0.2) is 0 Å². The molecule has 0 N–H and O–H groups in total. The van der Waals surface area contributed by atoms with E-state index in [2.05, 4.69) is 0 Å². The molecule has 6 aromatic carbocycles. The molecule has 0 aliphatic heterocycles. The lowest BCUT2D eigenvalue weighted by Crippen LogP contribution is -2.05. The van der Waals surface area contributed by atoms with Gasteiger partial charge in [-0.3, -0.25) is 0 Å². The number of benzene rings is 6. The van der Waals surface area contributed by atoms with Gasteiger partial charge < -0.3 is 0 Å². The van der Waals surface area contributed by atoms with Crippen LogP contribution in [0.4, 0.5) is 26.3 Å². The fraction of sp³-hybridized carbons (Fsp3) is 0.0714. The summed E-state index contributed by atoms with van der Waals surface area (Å²) in [6.45, 7) is 0. The van der Waals surface area contributed by atoms with Crippen molar-refractivity contribution >= 4 is 53.9 Å². The van der Waals surface area contributed by atoms with E-state index in [0.29, 0.717) is 53.9 Å². The number of alkyl halides is 6. The monoisotopic (exact) mass is 464 g/mol. The normalized spacial score (nSPS) is 13.0. The summed E-state index contributed by atoms with van der Waals surface area (Å²) in [4.78, 5) is 0. The van der Waals surface area contributed by atoms with Crippen molar-refractivity contribution in [2.45, 2.75) is 12.4 Å². The highest BCUT2D eigenvalue weighted by atomic mass is 19.4. The summed E-state index contributed by atoms with van der Waals surface area (Å²) in [5, 5.41) is 5.75. The second-order valence-electron chi connectivity index (χ2n) is 8.36. The van der Waals surface area contributed by atoms with E-state index >= 15 is 0 Å². The highest BCUT2D eigenvalue weighted by Crippen LogP contribution is 2.46. The van der Waals surface area contributed by atoms with Crippen LogP contribution in [0.1, 0.15) is 11.1 Å². The lowest BCUT2D eigenvalue weighted by molar-refractivity contribution is -0.138. The van der Waals surface area contributed by atoms with Crippen molar-refractivity contribution in [3.8, 4) is 0 Å². The van der Waals surface area contributed by atoms with Crippen molar-refractivity contribution in [3.05, 3.63) is 96.1 Å². The Kier molecular flexibility index (Phi) is 4.19. The number of halogens is 6. The Morgan fingerprint density at radius 2 is 0.676 bits per heavy atom. The predicted octanol–water partition coefficient (Wildman–Crippen LogP) is 9.49. The van der Waals surface area contributed by atoms with Crippen molar-refractivity contribution in [3.63, 3.8) is 0 Å². The maximum Gasteiger partial charge on any atom is 0.416 e. The highest BCUT2D eigenvalue weighted by molar-refractivity contribution is 6.39. The Bertz CT molecular complexity index is 1640. The van der Waals surface area contributed by atoms with E-state index in [1.165, 1.54) is 12.1 Å². The van der Waals surface area contributed by atoms with E-state index < -0.39 is 23.5 Å². The first kappa shape index (κ1) is 20.8. The maximum atomic E-state index is 13.7. The van der Waals surface area contributed by atoms with Crippen LogP contribution in [-0.4, -0.2) is 0 Å². The molecule has 168 valence electrons. The third-order valence-corrected chi connectivity index (χ3v) is 6.46. The Morgan fingerprint density at radius 1 is 0.353 bits per heavy atom. The summed E-state index contributed by atoms with van der Waals surface area (Å²) in [6, 6.07) is 21.5. The average Bonchev–Trinajstić information content (AvgIpc) is 2.82. The minimum atomic E-state index is -4.55. The van der Waals surface area contributed by atoms with Gasteiger partial charge in [0.2, 0.25) is 0 Å². The number of hydrogen-bond donors (Lipinski definition) is 0. The zero-order chi connectivity index (χ0) is 23.8. The molecular weight excluding hydrogens is 450 g/mol. The Labute approximate surface area is 189 Å². The van der Waals surface area contributed by atoms with Gasteiger partial charge in [0.1, 0.15) is 0 Å². The third kappa shape index (κ3) is 2.94. The molecule has 0 fully saturated rings. The zero-order valence-electron chi connectivity index (χ0n) is 17.4. The first-order chi connectivity index (χ1) is 16.1. The standard InChI is InChI=1S/C28H14F6/c29-27(30,31)15-9-11-19-17-5-1-3-7-21(17)25-24-14-16(28(32,33)34)10-12-20(24)18-6-2-4-8-22(18)26(25)23(19)13-15/h1-14H. The molecule has 0 saturated heterocycles. The topological polar surface area (TPSA) is 0 Å². The summed E-state index contributed by atoms with van der Waals surface area (Å²) in [5.74, 6) is 0. The summed E-state index contributed by atoms with van der Waals surface area (Å²) < 4.78 is 81.9. The summed E-state index contributed by atoms with van der Waals surface area (Å²) in [6.07, 6.45) is -9.11. The first-order valence-corrected chi connectivity index (χ1v) is 10.5. The second-order valence-corrected chi connectivity index (χ2v) is 8.36. The molecule has 0 aromatic heterocycles. The van der Waals surface area contributed by atoms with Crippen LogP contribution in [0.5, 0.6) is 0 Å². The van der Waals surface area contributed by atoms with Crippen molar-refractivity contribution in [2.24, 2.45) is 0 Å². The molecule has 0 nitrogen and oxygen atoms in total. The van der Waals surface area contributed by atoms with Gasteiger partial charge in [0.25, 0.3) is 0 Å². The van der Waals surface area contributed by atoms with Crippen molar-refractivity contribution in [1.82, 2.24) is 0 Å². The van der Waals surface area contributed by atoms with Gasteiger partial charge in [-0.25, -0.2) is 0 Å². The number of hydrogen-bond acceptors (Lipinski definition) is 0. The molecule has 0 heterocycles. The molecule has 0 bridgehead atoms. The fourth-order valence-corrected chi connectivity index (χ4v) is 5.03. The lowest BCUT2D eigenvalue weighted by atomic mass is 9.86. The Hall–Kier alpha value is -3.80. The van der Waals surface area contributed by atoms with E-state index in [0.717, 1.165) is 24.3 Å². The Morgan fingerprint density at radius 3 is 1.03 bits per heavy atom. The number of fused-ring (bicyclic) bond motifs is 11. The van der Waals surface area contributed by atoms with Crippen LogP contribution in [0, 0.1) is 0 Å². The van der Waals surface area contributed by atoms with E-state index in [1.807, 2.05) is 12.1 Å². The van der Waals surface area contributed by atoms with Crippen molar-refractivity contribution in [1.29, 1.82) is 0 Å². The molecule has 0 aliphatic rings. The quantitative estimate of drug-likeness (QED) is 0.155. The molecule has 0 amide bonds. The van der Waals surface area contributed by atoms with Crippen LogP contribution >= 0.6 is 0 Å². The molecule has 6 rings (SSSR count). The van der Waals surface area contributed by atoms with Gasteiger partial charge >= 0.3 is 12.4 Å². The molecule has 0 atom stereocenters. The van der Waals surface area contributed by atoms with Crippen LogP contribution in [-0.2, 0) is 12.4 Å². The maximum absolute atomic E-state index is 13.7. The highest BCUT2D eigenvalue weighted by Gasteiger charge is 2.32. The van der Waals surface area contributed by atoms with Gasteiger partial charge in [0.05, 0.1) is 11.1 Å². The summed E-state index contributed by atoms with van der Waals surface area (Å²) >= 11 is 0. The fourth-order valence-electron chi connectivity index (χ4n) is 5.03. The van der Waals surface area contributed by atoms with Crippen LogP contribution in [0.15, 0.2) is 84.9 Å². The molecule has 0 unspecified atom stereocenters.